The van der Waals surface area contributed by atoms with Crippen LogP contribution in [0, 0.1) is 12.7 Å². The van der Waals surface area contributed by atoms with Crippen molar-refractivity contribution in [3.05, 3.63) is 47.5 Å². The van der Waals surface area contributed by atoms with Crippen LogP contribution in [0.25, 0.3) is 0 Å². The van der Waals surface area contributed by atoms with Gasteiger partial charge in [0.2, 0.25) is 5.91 Å². The van der Waals surface area contributed by atoms with E-state index in [-0.39, 0.29) is 17.8 Å². The van der Waals surface area contributed by atoms with E-state index >= 15 is 0 Å². The molecule has 1 heterocycles. The Balaban J connectivity index is 1.96. The Kier molecular flexibility index (Phi) is 4.70. The van der Waals surface area contributed by atoms with Gasteiger partial charge < -0.3 is 9.84 Å². The molecule has 0 bridgehead atoms. The highest BCUT2D eigenvalue weighted by Gasteiger charge is 2.19. The number of rotatable bonds is 5. The number of carbonyl (C=O) groups excluding carboxylic acids is 1. The van der Waals surface area contributed by atoms with E-state index in [4.69, 9.17) is 4.52 Å². The first-order chi connectivity index (χ1) is 9.97. The fourth-order valence-corrected chi connectivity index (χ4v) is 2.03. The van der Waals surface area contributed by atoms with Crippen molar-refractivity contribution >= 4 is 11.7 Å². The molecule has 0 saturated carbocycles. The predicted octanol–water partition coefficient (Wildman–Crippen LogP) is 2.80. The monoisotopic (exact) mass is 291 g/mol. The number of benzene rings is 1. The van der Waals surface area contributed by atoms with E-state index in [0.717, 1.165) is 0 Å². The molecule has 0 saturated heterocycles. The summed E-state index contributed by atoms with van der Waals surface area (Å²) in [6, 6.07) is 7.33. The first-order valence-electron chi connectivity index (χ1n) is 6.72. The van der Waals surface area contributed by atoms with Gasteiger partial charge in [0, 0.05) is 17.7 Å². The van der Waals surface area contributed by atoms with Gasteiger partial charge in [-0.2, -0.15) is 0 Å². The number of aryl methyl sites for hydroxylation is 1. The number of amides is 1. The second kappa shape index (κ2) is 6.49. The quantitative estimate of drug-likeness (QED) is 0.889. The van der Waals surface area contributed by atoms with Crippen molar-refractivity contribution in [3.8, 4) is 0 Å². The molecular weight excluding hydrogens is 273 g/mol. The largest absolute Gasteiger partial charge is 0.360 e. The van der Waals surface area contributed by atoms with Crippen LogP contribution in [-0.2, 0) is 4.79 Å². The van der Waals surface area contributed by atoms with Crippen LogP contribution in [0.4, 0.5) is 10.2 Å². The third kappa shape index (κ3) is 3.88. The molecular formula is C15H18FN3O2. The maximum absolute atomic E-state index is 13.7. The van der Waals surface area contributed by atoms with Crippen molar-refractivity contribution < 1.29 is 13.7 Å². The first kappa shape index (κ1) is 15.2. The Morgan fingerprint density at radius 1 is 1.33 bits per heavy atom. The van der Waals surface area contributed by atoms with Gasteiger partial charge in [0.05, 0.1) is 6.04 Å². The fraction of sp³-hybridized carbons (Fsp3) is 0.333. The fourth-order valence-electron chi connectivity index (χ4n) is 2.03. The van der Waals surface area contributed by atoms with Crippen molar-refractivity contribution in [2.45, 2.75) is 32.9 Å². The third-order valence-corrected chi connectivity index (χ3v) is 3.14. The summed E-state index contributed by atoms with van der Waals surface area (Å²) in [6.45, 7) is 5.26. The van der Waals surface area contributed by atoms with E-state index in [9.17, 15) is 9.18 Å². The zero-order valence-electron chi connectivity index (χ0n) is 12.2. The Morgan fingerprint density at radius 2 is 2.05 bits per heavy atom. The van der Waals surface area contributed by atoms with Crippen LogP contribution in [0.2, 0.25) is 0 Å². The Labute approximate surface area is 122 Å². The first-order valence-corrected chi connectivity index (χ1v) is 6.72. The van der Waals surface area contributed by atoms with Gasteiger partial charge in [-0.15, -0.1) is 0 Å². The average Bonchev–Trinajstić information content (AvgIpc) is 2.84. The normalized spacial score (nSPS) is 13.7. The van der Waals surface area contributed by atoms with Crippen LogP contribution in [-0.4, -0.2) is 17.1 Å². The van der Waals surface area contributed by atoms with E-state index < -0.39 is 6.04 Å². The minimum absolute atomic E-state index is 0.258. The number of aromatic nitrogens is 1. The van der Waals surface area contributed by atoms with Gasteiger partial charge in [-0.1, -0.05) is 23.4 Å². The molecule has 0 spiro atoms. The molecule has 5 nitrogen and oxygen atoms in total. The third-order valence-electron chi connectivity index (χ3n) is 3.14. The zero-order chi connectivity index (χ0) is 15.4. The molecule has 2 aromatic rings. The molecule has 112 valence electrons. The molecule has 0 fully saturated rings. The Hall–Kier alpha value is -2.21. The summed E-state index contributed by atoms with van der Waals surface area (Å²) in [7, 11) is 0. The van der Waals surface area contributed by atoms with Gasteiger partial charge in [-0.25, -0.2) is 4.39 Å². The topological polar surface area (TPSA) is 67.2 Å². The lowest BCUT2D eigenvalue weighted by atomic mass is 10.1. The predicted molar refractivity (Wildman–Crippen MR) is 77.3 cm³/mol. The molecule has 6 heteroatoms. The number of nitrogens with zero attached hydrogens (tertiary/aromatic N) is 1. The summed E-state index contributed by atoms with van der Waals surface area (Å²) in [5.74, 6) is 0.430. The number of carbonyl (C=O) groups is 1. The minimum Gasteiger partial charge on any atom is -0.360 e. The van der Waals surface area contributed by atoms with E-state index in [1.54, 1.807) is 38.1 Å². The van der Waals surface area contributed by atoms with Crippen molar-refractivity contribution in [2.75, 3.05) is 5.32 Å². The van der Waals surface area contributed by atoms with Gasteiger partial charge in [-0.05, 0) is 26.8 Å². The molecule has 2 atom stereocenters. The number of nitrogens with one attached hydrogen (secondary N) is 2. The van der Waals surface area contributed by atoms with Crippen LogP contribution in [0.1, 0.15) is 31.2 Å². The van der Waals surface area contributed by atoms with E-state index in [0.29, 0.717) is 17.1 Å². The van der Waals surface area contributed by atoms with Gasteiger partial charge in [-0.3, -0.25) is 10.1 Å². The van der Waals surface area contributed by atoms with Crippen molar-refractivity contribution in [3.63, 3.8) is 0 Å². The molecule has 0 aliphatic rings. The molecule has 0 radical (unpaired) electrons. The van der Waals surface area contributed by atoms with Crippen LogP contribution >= 0.6 is 0 Å². The van der Waals surface area contributed by atoms with Gasteiger partial charge in [0.15, 0.2) is 5.82 Å². The van der Waals surface area contributed by atoms with Crippen LogP contribution in [0.3, 0.4) is 0 Å². The van der Waals surface area contributed by atoms with Gasteiger partial charge >= 0.3 is 0 Å². The molecule has 2 unspecified atom stereocenters. The Morgan fingerprint density at radius 3 is 2.67 bits per heavy atom. The summed E-state index contributed by atoms with van der Waals surface area (Å²) in [4.78, 5) is 12.0. The average molecular weight is 291 g/mol. The number of hydrogen-bond acceptors (Lipinski definition) is 4. The van der Waals surface area contributed by atoms with Crippen LogP contribution < -0.4 is 10.6 Å². The number of anilines is 1. The molecule has 1 aromatic heterocycles. The highest BCUT2D eigenvalue weighted by atomic mass is 19.1. The molecule has 0 aliphatic heterocycles. The molecule has 2 rings (SSSR count). The zero-order valence-corrected chi connectivity index (χ0v) is 12.2. The molecule has 1 aromatic carbocycles. The highest BCUT2D eigenvalue weighted by Crippen LogP contribution is 2.17. The van der Waals surface area contributed by atoms with Crippen molar-refractivity contribution in [1.29, 1.82) is 0 Å². The SMILES string of the molecule is Cc1cc(NC(=O)C(C)NC(C)c2ccccc2F)no1. The summed E-state index contributed by atoms with van der Waals surface area (Å²) in [5.41, 5.74) is 0.523. The Bertz CT molecular complexity index is 627. The molecule has 21 heavy (non-hydrogen) atoms. The van der Waals surface area contributed by atoms with Crippen LogP contribution in [0.5, 0.6) is 0 Å². The van der Waals surface area contributed by atoms with Crippen LogP contribution in [0.15, 0.2) is 34.9 Å². The lowest BCUT2D eigenvalue weighted by molar-refractivity contribution is -0.118. The van der Waals surface area contributed by atoms with E-state index in [2.05, 4.69) is 15.8 Å². The minimum atomic E-state index is -0.503. The summed E-state index contributed by atoms with van der Waals surface area (Å²) in [5, 5.41) is 9.38. The summed E-state index contributed by atoms with van der Waals surface area (Å²) >= 11 is 0. The van der Waals surface area contributed by atoms with E-state index in [1.165, 1.54) is 6.07 Å². The maximum atomic E-state index is 13.7. The lowest BCUT2D eigenvalue weighted by Crippen LogP contribution is -2.39. The lowest BCUT2D eigenvalue weighted by Gasteiger charge is -2.19. The van der Waals surface area contributed by atoms with Gasteiger partial charge in [0.25, 0.3) is 0 Å². The second-order valence-corrected chi connectivity index (χ2v) is 4.94. The second-order valence-electron chi connectivity index (χ2n) is 4.94. The van der Waals surface area contributed by atoms with Crippen molar-refractivity contribution in [1.82, 2.24) is 10.5 Å². The molecule has 2 N–H and O–H groups in total. The number of hydrogen-bond donors (Lipinski definition) is 2. The summed E-state index contributed by atoms with van der Waals surface area (Å²) < 4.78 is 18.6. The van der Waals surface area contributed by atoms with Gasteiger partial charge in [0.1, 0.15) is 11.6 Å². The smallest absolute Gasteiger partial charge is 0.242 e. The molecule has 0 aliphatic carbocycles. The highest BCUT2D eigenvalue weighted by molar-refractivity contribution is 5.93. The molecule has 1 amide bonds. The maximum Gasteiger partial charge on any atom is 0.242 e. The number of halogens is 1. The summed E-state index contributed by atoms with van der Waals surface area (Å²) in [6.07, 6.45) is 0. The van der Waals surface area contributed by atoms with Crippen molar-refractivity contribution in [2.24, 2.45) is 0 Å². The van der Waals surface area contributed by atoms with E-state index in [1.807, 2.05) is 6.92 Å². The standard InChI is InChI=1S/C15H18FN3O2/c1-9-8-14(19-21-9)18-15(20)11(3)17-10(2)12-6-4-5-7-13(12)16/h4-8,10-11,17H,1-3H3,(H,18,19,20).